The summed E-state index contributed by atoms with van der Waals surface area (Å²) < 4.78 is 32.7. The second-order valence-corrected chi connectivity index (χ2v) is 6.87. The molecule has 5 nitrogen and oxygen atoms in total. The van der Waals surface area contributed by atoms with Crippen LogP contribution in [0.3, 0.4) is 0 Å². The standard InChI is InChI=1S/C19H20F2N4O/c20-19(21)6-8-25(11-19)17-9-12(5-7-24-17)18(23)15-10-14(3-4-16(15)22)26-13-1-2-13/h3-5,7,9-10,13,23H,1-2,6,8,11,22H2. The number of anilines is 2. The summed E-state index contributed by atoms with van der Waals surface area (Å²) in [6.07, 6.45) is 3.71. The van der Waals surface area contributed by atoms with Crippen LogP contribution in [-0.4, -0.2) is 35.8 Å². The number of nitrogens with zero attached hydrogens (tertiary/aromatic N) is 2. The summed E-state index contributed by atoms with van der Waals surface area (Å²) in [5.74, 6) is -1.55. The molecule has 4 rings (SSSR count). The number of rotatable bonds is 5. The van der Waals surface area contributed by atoms with Crippen LogP contribution in [0.4, 0.5) is 20.3 Å². The Morgan fingerprint density at radius 2 is 2.08 bits per heavy atom. The summed E-state index contributed by atoms with van der Waals surface area (Å²) in [4.78, 5) is 5.74. The summed E-state index contributed by atoms with van der Waals surface area (Å²) in [5.41, 5.74) is 7.89. The van der Waals surface area contributed by atoms with Gasteiger partial charge in [0.2, 0.25) is 0 Å². The normalized spacial score (nSPS) is 18.8. The highest BCUT2D eigenvalue weighted by atomic mass is 19.3. The van der Waals surface area contributed by atoms with Gasteiger partial charge < -0.3 is 15.4 Å². The summed E-state index contributed by atoms with van der Waals surface area (Å²) in [7, 11) is 0. The predicted octanol–water partition coefficient (Wildman–Crippen LogP) is 3.47. The zero-order valence-corrected chi connectivity index (χ0v) is 14.2. The number of pyridine rings is 1. The fourth-order valence-corrected chi connectivity index (χ4v) is 3.04. The van der Waals surface area contributed by atoms with E-state index >= 15 is 0 Å². The zero-order valence-electron chi connectivity index (χ0n) is 14.2. The molecule has 2 fully saturated rings. The van der Waals surface area contributed by atoms with Crippen molar-refractivity contribution in [1.82, 2.24) is 4.98 Å². The highest BCUT2D eigenvalue weighted by molar-refractivity contribution is 6.14. The number of nitrogen functional groups attached to an aromatic ring is 1. The van der Waals surface area contributed by atoms with E-state index in [2.05, 4.69) is 4.98 Å². The molecule has 7 heteroatoms. The quantitative estimate of drug-likeness (QED) is 0.634. The van der Waals surface area contributed by atoms with Gasteiger partial charge in [0, 0.05) is 36.0 Å². The molecule has 0 spiro atoms. The molecule has 0 bridgehead atoms. The van der Waals surface area contributed by atoms with Crippen molar-refractivity contribution in [2.24, 2.45) is 0 Å². The van der Waals surface area contributed by atoms with Crippen molar-refractivity contribution in [1.29, 1.82) is 5.41 Å². The van der Waals surface area contributed by atoms with Crippen molar-refractivity contribution < 1.29 is 13.5 Å². The number of benzene rings is 1. The van der Waals surface area contributed by atoms with Crippen LogP contribution in [0.5, 0.6) is 5.75 Å². The maximum absolute atomic E-state index is 13.5. The van der Waals surface area contributed by atoms with Gasteiger partial charge in [0.15, 0.2) is 0 Å². The molecule has 1 aromatic heterocycles. The van der Waals surface area contributed by atoms with Gasteiger partial charge in [0.05, 0.1) is 18.4 Å². The molecule has 0 radical (unpaired) electrons. The van der Waals surface area contributed by atoms with Gasteiger partial charge in [-0.05, 0) is 43.2 Å². The molecule has 2 aromatic rings. The fraction of sp³-hybridized carbons (Fsp3) is 0.368. The lowest BCUT2D eigenvalue weighted by atomic mass is 10.0. The first-order chi connectivity index (χ1) is 12.4. The Hall–Kier alpha value is -2.70. The van der Waals surface area contributed by atoms with E-state index in [1.165, 1.54) is 6.20 Å². The number of aromatic nitrogens is 1. The zero-order chi connectivity index (χ0) is 18.3. The lowest BCUT2D eigenvalue weighted by Gasteiger charge is -2.18. The maximum atomic E-state index is 13.5. The topological polar surface area (TPSA) is 75.2 Å². The van der Waals surface area contributed by atoms with Crippen LogP contribution >= 0.6 is 0 Å². The van der Waals surface area contributed by atoms with E-state index in [-0.39, 0.29) is 31.3 Å². The molecule has 1 saturated carbocycles. The molecule has 1 aliphatic heterocycles. The van der Waals surface area contributed by atoms with Crippen molar-refractivity contribution in [3.05, 3.63) is 47.7 Å². The Bertz CT molecular complexity index is 851. The van der Waals surface area contributed by atoms with E-state index in [1.807, 2.05) is 0 Å². The Morgan fingerprint density at radius 3 is 2.77 bits per heavy atom. The van der Waals surface area contributed by atoms with Gasteiger partial charge >= 0.3 is 0 Å². The smallest absolute Gasteiger partial charge is 0.266 e. The van der Waals surface area contributed by atoms with Gasteiger partial charge in [-0.25, -0.2) is 13.8 Å². The Balaban J connectivity index is 1.59. The van der Waals surface area contributed by atoms with Crippen LogP contribution in [0.1, 0.15) is 30.4 Å². The van der Waals surface area contributed by atoms with Crippen molar-refractivity contribution in [2.45, 2.75) is 31.3 Å². The molecular weight excluding hydrogens is 338 g/mol. The maximum Gasteiger partial charge on any atom is 0.266 e. The number of halogens is 2. The first kappa shape index (κ1) is 16.8. The molecule has 2 heterocycles. The van der Waals surface area contributed by atoms with Crippen LogP contribution < -0.4 is 15.4 Å². The third-order valence-electron chi connectivity index (χ3n) is 4.65. The lowest BCUT2D eigenvalue weighted by Crippen LogP contribution is -2.25. The largest absolute Gasteiger partial charge is 0.490 e. The minimum Gasteiger partial charge on any atom is -0.490 e. The molecule has 3 N–H and O–H groups in total. The van der Waals surface area contributed by atoms with Crippen molar-refractivity contribution in [2.75, 3.05) is 23.7 Å². The lowest BCUT2D eigenvalue weighted by molar-refractivity contribution is 0.0256. The SMILES string of the molecule is N=C(c1ccnc(N2CCC(F)(F)C2)c1)c1cc(OC2CC2)ccc1N. The van der Waals surface area contributed by atoms with Crippen LogP contribution in [0, 0.1) is 5.41 Å². The molecule has 1 aromatic carbocycles. The first-order valence-electron chi connectivity index (χ1n) is 8.66. The Kier molecular flexibility index (Phi) is 4.01. The van der Waals surface area contributed by atoms with Gasteiger partial charge in [0.1, 0.15) is 11.6 Å². The van der Waals surface area contributed by atoms with E-state index in [0.717, 1.165) is 12.8 Å². The number of hydrogen-bond acceptors (Lipinski definition) is 5. The third kappa shape index (κ3) is 3.47. The fourth-order valence-electron chi connectivity index (χ4n) is 3.04. The molecule has 136 valence electrons. The average molecular weight is 358 g/mol. The molecule has 2 aliphatic rings. The van der Waals surface area contributed by atoms with Crippen molar-refractivity contribution in [3.63, 3.8) is 0 Å². The summed E-state index contributed by atoms with van der Waals surface area (Å²) in [6.45, 7) is -0.0900. The third-order valence-corrected chi connectivity index (χ3v) is 4.65. The molecule has 0 atom stereocenters. The van der Waals surface area contributed by atoms with Gasteiger partial charge in [-0.1, -0.05) is 0 Å². The van der Waals surface area contributed by atoms with Crippen LogP contribution in [0.25, 0.3) is 0 Å². The summed E-state index contributed by atoms with van der Waals surface area (Å²) in [6, 6.07) is 8.64. The second kappa shape index (κ2) is 6.23. The van der Waals surface area contributed by atoms with Crippen LogP contribution in [-0.2, 0) is 0 Å². The number of hydrogen-bond donors (Lipinski definition) is 2. The molecule has 1 saturated heterocycles. The molecule has 0 unspecified atom stereocenters. The Labute approximate surface area is 150 Å². The summed E-state index contributed by atoms with van der Waals surface area (Å²) in [5, 5.41) is 8.52. The number of alkyl halides is 2. The van der Waals surface area contributed by atoms with Gasteiger partial charge in [-0.15, -0.1) is 0 Å². The molecular formula is C19H20F2N4O. The van der Waals surface area contributed by atoms with Gasteiger partial charge in [-0.2, -0.15) is 0 Å². The highest BCUT2D eigenvalue weighted by Gasteiger charge is 2.38. The molecule has 26 heavy (non-hydrogen) atoms. The average Bonchev–Trinajstić information content (AvgIpc) is 3.36. The minimum absolute atomic E-state index is 0.177. The Morgan fingerprint density at radius 1 is 1.27 bits per heavy atom. The van der Waals surface area contributed by atoms with E-state index in [4.69, 9.17) is 15.9 Å². The van der Waals surface area contributed by atoms with E-state index in [1.54, 1.807) is 35.2 Å². The van der Waals surface area contributed by atoms with E-state index in [9.17, 15) is 8.78 Å². The first-order valence-corrected chi connectivity index (χ1v) is 8.66. The summed E-state index contributed by atoms with van der Waals surface area (Å²) >= 11 is 0. The van der Waals surface area contributed by atoms with Crippen molar-refractivity contribution >= 4 is 17.2 Å². The molecule has 1 aliphatic carbocycles. The van der Waals surface area contributed by atoms with E-state index in [0.29, 0.717) is 28.4 Å². The monoisotopic (exact) mass is 358 g/mol. The van der Waals surface area contributed by atoms with Gasteiger partial charge in [-0.3, -0.25) is 5.41 Å². The van der Waals surface area contributed by atoms with E-state index < -0.39 is 5.92 Å². The minimum atomic E-state index is -2.69. The highest BCUT2D eigenvalue weighted by Crippen LogP contribution is 2.32. The van der Waals surface area contributed by atoms with Crippen LogP contribution in [0.15, 0.2) is 36.5 Å². The predicted molar refractivity (Wildman–Crippen MR) is 96.4 cm³/mol. The molecule has 0 amide bonds. The van der Waals surface area contributed by atoms with Gasteiger partial charge in [0.25, 0.3) is 5.92 Å². The number of nitrogens with one attached hydrogen (secondary N) is 1. The number of ether oxygens (including phenoxy) is 1. The van der Waals surface area contributed by atoms with Crippen molar-refractivity contribution in [3.8, 4) is 5.75 Å². The number of nitrogens with two attached hydrogens (primary N) is 1. The second-order valence-electron chi connectivity index (χ2n) is 6.87. The van der Waals surface area contributed by atoms with Crippen LogP contribution in [0.2, 0.25) is 0 Å².